The second-order valence-electron chi connectivity index (χ2n) is 7.95. The zero-order valence-corrected chi connectivity index (χ0v) is 17.3. The molecule has 0 saturated carbocycles. The molecule has 2 fully saturated rings. The molecule has 7 nitrogen and oxygen atoms in total. The number of likely N-dealkylation sites (tertiary alicyclic amines) is 1. The molecule has 0 spiro atoms. The summed E-state index contributed by atoms with van der Waals surface area (Å²) in [4.78, 5) is 14.4. The lowest BCUT2D eigenvalue weighted by Crippen LogP contribution is -2.37. The van der Waals surface area contributed by atoms with E-state index in [9.17, 15) is 26.4 Å². The van der Waals surface area contributed by atoms with Gasteiger partial charge in [0.2, 0.25) is 10.0 Å². The molecule has 11 heteroatoms. The zero-order chi connectivity index (χ0) is 21.7. The van der Waals surface area contributed by atoms with Crippen LogP contribution in [0.15, 0.2) is 18.3 Å². The molecule has 0 unspecified atom stereocenters. The third-order valence-corrected chi connectivity index (χ3v) is 7.23. The highest BCUT2D eigenvalue weighted by Crippen LogP contribution is 2.36. The Morgan fingerprint density at radius 1 is 1.13 bits per heavy atom. The van der Waals surface area contributed by atoms with Crippen molar-refractivity contribution in [1.29, 1.82) is 0 Å². The molecule has 4 heterocycles. The molecule has 164 valence electrons. The number of halogens is 3. The molecule has 1 amide bonds. The molecular weight excluding hydrogens is 421 g/mol. The molecule has 0 N–H and O–H groups in total. The third kappa shape index (κ3) is 3.92. The summed E-state index contributed by atoms with van der Waals surface area (Å²) in [6, 6.07) is 3.30. The van der Waals surface area contributed by atoms with Gasteiger partial charge in [0.1, 0.15) is 0 Å². The van der Waals surface area contributed by atoms with Crippen LogP contribution in [0, 0.1) is 0 Å². The minimum atomic E-state index is -4.74. The van der Waals surface area contributed by atoms with E-state index in [0.29, 0.717) is 39.0 Å². The smallest absolute Gasteiger partial charge is 0.339 e. The first-order valence-electron chi connectivity index (χ1n) is 9.89. The van der Waals surface area contributed by atoms with Gasteiger partial charge >= 0.3 is 6.18 Å². The van der Waals surface area contributed by atoms with Crippen LogP contribution < -0.4 is 0 Å². The molecular formula is C19H23F3N4O3S. The van der Waals surface area contributed by atoms with Crippen molar-refractivity contribution in [2.45, 2.75) is 37.8 Å². The Morgan fingerprint density at radius 3 is 2.33 bits per heavy atom. The fourth-order valence-corrected chi connectivity index (χ4v) is 5.20. The van der Waals surface area contributed by atoms with Crippen LogP contribution in [0.1, 0.15) is 53.2 Å². The predicted molar refractivity (Wildman–Crippen MR) is 104 cm³/mol. The highest BCUT2D eigenvalue weighted by atomic mass is 32.2. The first-order valence-corrected chi connectivity index (χ1v) is 11.7. The van der Waals surface area contributed by atoms with Gasteiger partial charge in [-0.1, -0.05) is 0 Å². The maximum Gasteiger partial charge on any atom is 0.436 e. The van der Waals surface area contributed by atoms with Gasteiger partial charge in [0.05, 0.1) is 17.3 Å². The summed E-state index contributed by atoms with van der Waals surface area (Å²) in [5, 5.41) is 3.66. The van der Waals surface area contributed by atoms with Gasteiger partial charge in [-0.15, -0.1) is 0 Å². The van der Waals surface area contributed by atoms with E-state index in [1.165, 1.54) is 21.7 Å². The molecule has 2 saturated heterocycles. The van der Waals surface area contributed by atoms with Gasteiger partial charge in [-0.05, 0) is 49.3 Å². The van der Waals surface area contributed by atoms with Crippen molar-refractivity contribution in [3.63, 3.8) is 0 Å². The molecule has 0 bridgehead atoms. The molecule has 0 aliphatic carbocycles. The van der Waals surface area contributed by atoms with Crippen LogP contribution in [0.3, 0.4) is 0 Å². The summed E-state index contributed by atoms with van der Waals surface area (Å²) >= 11 is 0. The van der Waals surface area contributed by atoms with Crippen molar-refractivity contribution in [1.82, 2.24) is 18.8 Å². The standard InChI is InChI=1S/C19H23F3N4O3S/c1-30(28,29)25-9-4-13(5-10-25)14-6-11-26-15(12-14)16(17(23-26)19(20,21)22)18(27)24-7-2-3-8-24/h6,11-13H,2-5,7-10H2,1H3. The van der Waals surface area contributed by atoms with E-state index in [4.69, 9.17) is 0 Å². The van der Waals surface area contributed by atoms with E-state index in [-0.39, 0.29) is 11.4 Å². The largest absolute Gasteiger partial charge is 0.436 e. The van der Waals surface area contributed by atoms with E-state index in [2.05, 4.69) is 5.10 Å². The number of carbonyl (C=O) groups is 1. The number of hydrogen-bond donors (Lipinski definition) is 0. The van der Waals surface area contributed by atoms with Crippen molar-refractivity contribution >= 4 is 21.4 Å². The lowest BCUT2D eigenvalue weighted by atomic mass is 9.90. The number of amides is 1. The van der Waals surface area contributed by atoms with Gasteiger partial charge < -0.3 is 4.90 Å². The van der Waals surface area contributed by atoms with Gasteiger partial charge in [0.15, 0.2) is 5.69 Å². The maximum atomic E-state index is 13.6. The average Bonchev–Trinajstić information content (AvgIpc) is 3.34. The first-order chi connectivity index (χ1) is 14.1. The van der Waals surface area contributed by atoms with Crippen molar-refractivity contribution < 1.29 is 26.4 Å². The van der Waals surface area contributed by atoms with E-state index in [1.54, 1.807) is 12.1 Å². The lowest BCUT2D eigenvalue weighted by Gasteiger charge is -2.30. The number of piperidine rings is 1. The molecule has 0 atom stereocenters. The monoisotopic (exact) mass is 444 g/mol. The van der Waals surface area contributed by atoms with E-state index in [1.807, 2.05) is 0 Å². The van der Waals surface area contributed by atoms with Crippen LogP contribution in [0.5, 0.6) is 0 Å². The number of carbonyl (C=O) groups excluding carboxylic acids is 1. The van der Waals surface area contributed by atoms with Crippen molar-refractivity contribution in [3.8, 4) is 0 Å². The van der Waals surface area contributed by atoms with Crippen molar-refractivity contribution in [2.24, 2.45) is 0 Å². The highest BCUT2D eigenvalue weighted by Gasteiger charge is 2.41. The molecule has 4 rings (SSSR count). The molecule has 30 heavy (non-hydrogen) atoms. The summed E-state index contributed by atoms with van der Waals surface area (Å²) in [5.41, 5.74) is -0.634. The molecule has 0 aromatic carbocycles. The van der Waals surface area contributed by atoms with Crippen molar-refractivity contribution in [2.75, 3.05) is 32.4 Å². The summed E-state index contributed by atoms with van der Waals surface area (Å²) in [7, 11) is -3.26. The van der Waals surface area contributed by atoms with Crippen LogP contribution in [-0.2, 0) is 16.2 Å². The summed E-state index contributed by atoms with van der Waals surface area (Å²) in [5.74, 6) is -0.633. The van der Waals surface area contributed by atoms with Gasteiger partial charge in [-0.25, -0.2) is 17.2 Å². The summed E-state index contributed by atoms with van der Waals surface area (Å²) in [6.07, 6.45) is 0.562. The van der Waals surface area contributed by atoms with Gasteiger partial charge in [-0.2, -0.15) is 18.3 Å². The fraction of sp³-hybridized carbons (Fsp3) is 0.579. The summed E-state index contributed by atoms with van der Waals surface area (Å²) < 4.78 is 66.8. The second kappa shape index (κ2) is 7.52. The number of aromatic nitrogens is 2. The van der Waals surface area contributed by atoms with Gasteiger partial charge in [0.25, 0.3) is 5.91 Å². The van der Waals surface area contributed by atoms with Crippen LogP contribution >= 0.6 is 0 Å². The minimum Gasteiger partial charge on any atom is -0.339 e. The maximum absolute atomic E-state index is 13.6. The number of pyridine rings is 1. The average molecular weight is 444 g/mol. The minimum absolute atomic E-state index is 0.00646. The van der Waals surface area contributed by atoms with Crippen LogP contribution in [0.4, 0.5) is 13.2 Å². The van der Waals surface area contributed by atoms with Crippen LogP contribution in [-0.4, -0.2) is 65.6 Å². The predicted octanol–water partition coefficient (Wildman–Crippen LogP) is 2.73. The van der Waals surface area contributed by atoms with E-state index in [0.717, 1.165) is 22.9 Å². The Hall–Kier alpha value is -2.14. The Bertz CT molecular complexity index is 1070. The Kier molecular flexibility index (Phi) is 5.29. The van der Waals surface area contributed by atoms with Crippen LogP contribution in [0.25, 0.3) is 5.52 Å². The number of sulfonamides is 1. The Labute approximate surface area is 172 Å². The van der Waals surface area contributed by atoms with E-state index < -0.39 is 33.4 Å². The van der Waals surface area contributed by atoms with Crippen LogP contribution in [0.2, 0.25) is 0 Å². The SMILES string of the molecule is CS(=O)(=O)N1CCC(c2ccn3nc(C(F)(F)F)c(C(=O)N4CCCC4)c3c2)CC1. The molecule has 2 aliphatic heterocycles. The Morgan fingerprint density at radius 2 is 1.77 bits per heavy atom. The molecule has 2 aromatic rings. The third-order valence-electron chi connectivity index (χ3n) is 5.93. The number of alkyl halides is 3. The first kappa shape index (κ1) is 21.1. The summed E-state index contributed by atoms with van der Waals surface area (Å²) in [6.45, 7) is 1.61. The zero-order valence-electron chi connectivity index (χ0n) is 16.5. The van der Waals surface area contributed by atoms with E-state index >= 15 is 0 Å². The van der Waals surface area contributed by atoms with Gasteiger partial charge in [-0.3, -0.25) is 4.79 Å². The second-order valence-corrected chi connectivity index (χ2v) is 9.93. The number of hydrogen-bond acceptors (Lipinski definition) is 4. The number of rotatable bonds is 3. The normalized spacial score (nSPS) is 19.7. The quantitative estimate of drug-likeness (QED) is 0.730. The lowest BCUT2D eigenvalue weighted by molar-refractivity contribution is -0.141. The number of fused-ring (bicyclic) bond motifs is 1. The molecule has 0 radical (unpaired) electrons. The highest BCUT2D eigenvalue weighted by molar-refractivity contribution is 7.88. The Balaban J connectivity index is 1.71. The van der Waals surface area contributed by atoms with Gasteiger partial charge in [0, 0.05) is 32.4 Å². The van der Waals surface area contributed by atoms with Crippen molar-refractivity contribution in [3.05, 3.63) is 35.2 Å². The topological polar surface area (TPSA) is 75.0 Å². The fourth-order valence-electron chi connectivity index (χ4n) is 4.32. The molecule has 2 aromatic heterocycles. The number of nitrogens with zero attached hydrogens (tertiary/aromatic N) is 4. The molecule has 2 aliphatic rings.